The molecule has 1 aromatic carbocycles. The van der Waals surface area contributed by atoms with E-state index in [1.54, 1.807) is 0 Å². The Morgan fingerprint density at radius 1 is 1.18 bits per heavy atom. The monoisotopic (exact) mass is 473 g/mol. The molecule has 178 valence electrons. The third-order valence-electron chi connectivity index (χ3n) is 6.78. The first-order chi connectivity index (χ1) is 15.0. The lowest BCUT2D eigenvalue weighted by molar-refractivity contribution is -0.118. The van der Waals surface area contributed by atoms with Crippen LogP contribution in [0, 0.1) is 16.6 Å². The number of halogens is 1. The number of ketones is 1. The number of carbonyl (C=O) groups is 1. The number of rotatable bonds is 3. The van der Waals surface area contributed by atoms with Gasteiger partial charge in [-0.1, -0.05) is 34.6 Å². The van der Waals surface area contributed by atoms with Crippen LogP contribution in [0.1, 0.15) is 66.4 Å². The number of dihydropyridines is 1. The summed E-state index contributed by atoms with van der Waals surface area (Å²) in [5.74, 6) is -0.0712. The summed E-state index contributed by atoms with van der Waals surface area (Å²) < 4.78 is 40.2. The van der Waals surface area contributed by atoms with Crippen molar-refractivity contribution in [2.45, 2.75) is 77.2 Å². The first-order valence-electron chi connectivity index (χ1n) is 11.2. The normalized spacial score (nSPS) is 26.9. The van der Waals surface area contributed by atoms with E-state index < -0.39 is 21.1 Å². The lowest BCUT2D eigenvalue weighted by atomic mass is 9.60. The van der Waals surface area contributed by atoms with E-state index in [1.807, 2.05) is 20.8 Å². The SMILES string of the molecule is CC(C)(C)CC1N=NC2=C1[C@](C)(c1cc(S(C)(=O)=O)ccc1F)C1=C(CC(C)(C)CC1=O)N2. The third-order valence-corrected chi connectivity index (χ3v) is 7.89. The molecule has 0 saturated carbocycles. The molecule has 1 N–H and O–H groups in total. The molecule has 1 aromatic rings. The second-order valence-electron chi connectivity index (χ2n) is 11.7. The maximum Gasteiger partial charge on any atom is 0.175 e. The van der Waals surface area contributed by atoms with Crippen LogP contribution >= 0.6 is 0 Å². The molecule has 0 spiro atoms. The molecule has 0 fully saturated rings. The van der Waals surface area contributed by atoms with Gasteiger partial charge in [0.05, 0.1) is 16.4 Å². The summed E-state index contributed by atoms with van der Waals surface area (Å²) in [5, 5.41) is 12.3. The Bertz CT molecular complexity index is 1250. The first kappa shape index (κ1) is 23.8. The number of nitrogens with one attached hydrogen (secondary N) is 1. The summed E-state index contributed by atoms with van der Waals surface area (Å²) in [4.78, 5) is 13.6. The van der Waals surface area contributed by atoms with Crippen molar-refractivity contribution in [1.82, 2.24) is 5.32 Å². The van der Waals surface area contributed by atoms with Gasteiger partial charge in [-0.15, -0.1) is 5.11 Å². The molecule has 8 heteroatoms. The number of carbonyl (C=O) groups excluding carboxylic acids is 1. The van der Waals surface area contributed by atoms with E-state index in [0.717, 1.165) is 17.5 Å². The molecule has 0 saturated heterocycles. The van der Waals surface area contributed by atoms with Gasteiger partial charge < -0.3 is 5.32 Å². The van der Waals surface area contributed by atoms with Gasteiger partial charge in [0.2, 0.25) is 0 Å². The van der Waals surface area contributed by atoms with Gasteiger partial charge in [0.15, 0.2) is 21.4 Å². The van der Waals surface area contributed by atoms with Crippen LogP contribution in [-0.2, 0) is 20.0 Å². The van der Waals surface area contributed by atoms with Gasteiger partial charge >= 0.3 is 0 Å². The molecule has 4 rings (SSSR count). The predicted molar refractivity (Wildman–Crippen MR) is 125 cm³/mol. The predicted octanol–water partition coefficient (Wildman–Crippen LogP) is 5.22. The molecule has 0 amide bonds. The number of allylic oxidation sites excluding steroid dienone is 2. The Balaban J connectivity index is 2.01. The molecule has 2 atom stereocenters. The number of Topliss-reactive ketones (excluding diaryl/α,β-unsaturated/α-hetero) is 1. The minimum atomic E-state index is -3.58. The number of nitrogens with zero attached hydrogens (tertiary/aromatic N) is 2. The van der Waals surface area contributed by atoms with Crippen molar-refractivity contribution in [3.63, 3.8) is 0 Å². The van der Waals surface area contributed by atoms with Gasteiger partial charge in [0.25, 0.3) is 0 Å². The number of azo groups is 1. The molecule has 0 aromatic heterocycles. The van der Waals surface area contributed by atoms with Crippen LogP contribution in [-0.4, -0.2) is 26.5 Å². The molecule has 0 bridgehead atoms. The maximum absolute atomic E-state index is 15.5. The second kappa shape index (κ2) is 7.32. The number of sulfone groups is 1. The maximum atomic E-state index is 15.5. The Morgan fingerprint density at radius 2 is 1.85 bits per heavy atom. The summed E-state index contributed by atoms with van der Waals surface area (Å²) in [6.07, 6.45) is 2.69. The van der Waals surface area contributed by atoms with Gasteiger partial charge in [0.1, 0.15) is 5.82 Å². The highest BCUT2D eigenvalue weighted by molar-refractivity contribution is 7.90. The van der Waals surface area contributed by atoms with E-state index >= 15 is 4.39 Å². The minimum absolute atomic E-state index is 0.0193. The quantitative estimate of drug-likeness (QED) is 0.610. The molecule has 33 heavy (non-hydrogen) atoms. The highest BCUT2D eigenvalue weighted by Gasteiger charge is 2.53. The van der Waals surface area contributed by atoms with Crippen LogP contribution in [0.5, 0.6) is 0 Å². The van der Waals surface area contributed by atoms with E-state index in [1.165, 1.54) is 18.2 Å². The Morgan fingerprint density at radius 3 is 2.45 bits per heavy atom. The van der Waals surface area contributed by atoms with Crippen molar-refractivity contribution in [1.29, 1.82) is 0 Å². The van der Waals surface area contributed by atoms with E-state index in [0.29, 0.717) is 30.7 Å². The highest BCUT2D eigenvalue weighted by Crippen LogP contribution is 2.54. The van der Waals surface area contributed by atoms with Crippen LogP contribution in [0.4, 0.5) is 4.39 Å². The molecule has 1 unspecified atom stereocenters. The zero-order valence-electron chi connectivity index (χ0n) is 20.3. The summed E-state index contributed by atoms with van der Waals surface area (Å²) >= 11 is 0. The standard InChI is InChI=1S/C25H32FN3O3S/c1-23(2,3)11-18-21-22(29-28-18)27-17-12-24(4,5)13-19(30)20(17)25(21,6)15-10-14(33(7,31)32)8-9-16(15)26/h8-10,18,27H,11-13H2,1-7H3/t18?,25-/m1/s1. The topological polar surface area (TPSA) is 88.0 Å². The van der Waals surface area contributed by atoms with Gasteiger partial charge in [-0.2, -0.15) is 5.11 Å². The van der Waals surface area contributed by atoms with Crippen LogP contribution in [0.25, 0.3) is 0 Å². The number of benzene rings is 1. The van der Waals surface area contributed by atoms with Gasteiger partial charge in [-0.3, -0.25) is 4.79 Å². The fourth-order valence-corrected chi connectivity index (χ4v) is 6.11. The van der Waals surface area contributed by atoms with Crippen molar-refractivity contribution >= 4 is 15.6 Å². The zero-order chi connectivity index (χ0) is 24.6. The summed E-state index contributed by atoms with van der Waals surface area (Å²) in [5.41, 5.74) is 0.588. The third kappa shape index (κ3) is 4.07. The molecule has 3 aliphatic rings. The van der Waals surface area contributed by atoms with Crippen molar-refractivity contribution in [3.8, 4) is 0 Å². The van der Waals surface area contributed by atoms with E-state index in [2.05, 4.69) is 36.3 Å². The molecule has 6 nitrogen and oxygen atoms in total. The molecular weight excluding hydrogens is 441 g/mol. The van der Waals surface area contributed by atoms with Crippen LogP contribution in [0.2, 0.25) is 0 Å². The van der Waals surface area contributed by atoms with Gasteiger partial charge in [-0.25, -0.2) is 12.8 Å². The Hall–Kier alpha value is -2.35. The van der Waals surface area contributed by atoms with Crippen molar-refractivity contribution in [3.05, 3.63) is 52.2 Å². The van der Waals surface area contributed by atoms with Crippen molar-refractivity contribution < 1.29 is 17.6 Å². The Labute approximate surface area is 195 Å². The second-order valence-corrected chi connectivity index (χ2v) is 13.7. The number of hydrogen-bond donors (Lipinski definition) is 1. The largest absolute Gasteiger partial charge is 0.342 e. The fourth-order valence-electron chi connectivity index (χ4n) is 5.47. The summed E-state index contributed by atoms with van der Waals surface area (Å²) in [6, 6.07) is 3.48. The van der Waals surface area contributed by atoms with Gasteiger partial charge in [0, 0.05) is 35.1 Å². The van der Waals surface area contributed by atoms with Gasteiger partial charge in [-0.05, 0) is 48.8 Å². The first-order valence-corrected chi connectivity index (χ1v) is 13.1. The van der Waals surface area contributed by atoms with Crippen molar-refractivity contribution in [2.24, 2.45) is 21.1 Å². The molecular formula is C25H32FN3O3S. The fraction of sp³-hybridized carbons (Fsp3) is 0.560. The lowest BCUT2D eigenvalue weighted by Crippen LogP contribution is -2.47. The average molecular weight is 474 g/mol. The Kier molecular flexibility index (Phi) is 5.28. The van der Waals surface area contributed by atoms with Crippen LogP contribution in [0.15, 0.2) is 56.0 Å². The summed E-state index contributed by atoms with van der Waals surface area (Å²) in [7, 11) is -3.58. The van der Waals surface area contributed by atoms with E-state index in [9.17, 15) is 13.2 Å². The summed E-state index contributed by atoms with van der Waals surface area (Å²) in [6.45, 7) is 12.2. The lowest BCUT2D eigenvalue weighted by Gasteiger charge is -2.45. The van der Waals surface area contributed by atoms with Crippen LogP contribution in [0.3, 0.4) is 0 Å². The van der Waals surface area contributed by atoms with E-state index in [-0.39, 0.29) is 33.1 Å². The molecule has 1 aliphatic carbocycles. The molecule has 0 radical (unpaired) electrons. The molecule has 2 aliphatic heterocycles. The van der Waals surface area contributed by atoms with Crippen LogP contribution < -0.4 is 5.32 Å². The molecule has 2 heterocycles. The minimum Gasteiger partial charge on any atom is -0.342 e. The van der Waals surface area contributed by atoms with Crippen molar-refractivity contribution in [2.75, 3.05) is 6.26 Å². The highest BCUT2D eigenvalue weighted by atomic mass is 32.2. The number of hydrogen-bond acceptors (Lipinski definition) is 6. The zero-order valence-corrected chi connectivity index (χ0v) is 21.2. The van der Waals surface area contributed by atoms with E-state index in [4.69, 9.17) is 0 Å². The average Bonchev–Trinajstić information content (AvgIpc) is 3.00. The smallest absolute Gasteiger partial charge is 0.175 e.